The fourth-order valence-corrected chi connectivity index (χ4v) is 3.35. The van der Waals surface area contributed by atoms with E-state index < -0.39 is 0 Å². The van der Waals surface area contributed by atoms with Gasteiger partial charge < -0.3 is 24.8 Å². The number of halogens is 2. The molecule has 176 valence electrons. The van der Waals surface area contributed by atoms with E-state index in [0.717, 1.165) is 29.4 Å². The Labute approximate surface area is 207 Å². The largest absolute Gasteiger partial charge is 0.467 e. The average Bonchev–Trinajstić information content (AvgIpc) is 2.78. The van der Waals surface area contributed by atoms with Crippen LogP contribution in [0.15, 0.2) is 47.5 Å². The standard InChI is InChI=1S/C24H32FN3O3.HI/c1-3-26-24(28-13-18(2)14-29-15-19-7-5-4-6-8-19)27-10-9-20-11-22(25)12-21-16-30-17-31-23(20)21;/h4-8,11-12,18H,3,9-10,13-17H2,1-2H3,(H2,26,27,28);1H. The molecule has 0 aromatic heterocycles. The lowest BCUT2D eigenvalue weighted by molar-refractivity contribution is -0.0172. The summed E-state index contributed by atoms with van der Waals surface area (Å²) in [4.78, 5) is 4.66. The molecular formula is C24H33FIN3O3. The van der Waals surface area contributed by atoms with E-state index in [0.29, 0.717) is 45.2 Å². The highest BCUT2D eigenvalue weighted by atomic mass is 127. The zero-order valence-corrected chi connectivity index (χ0v) is 21.1. The molecule has 0 radical (unpaired) electrons. The van der Waals surface area contributed by atoms with Gasteiger partial charge in [0.2, 0.25) is 0 Å². The third-order valence-electron chi connectivity index (χ3n) is 4.86. The lowest BCUT2D eigenvalue weighted by Gasteiger charge is -2.21. The van der Waals surface area contributed by atoms with Crippen LogP contribution in [0.3, 0.4) is 0 Å². The summed E-state index contributed by atoms with van der Waals surface area (Å²) in [6.07, 6.45) is 0.625. The number of ether oxygens (including phenoxy) is 3. The minimum atomic E-state index is -0.271. The molecule has 1 aliphatic rings. The zero-order chi connectivity index (χ0) is 21.9. The molecule has 0 amide bonds. The normalized spacial score (nSPS) is 14.0. The van der Waals surface area contributed by atoms with E-state index in [4.69, 9.17) is 14.2 Å². The number of benzene rings is 2. The van der Waals surface area contributed by atoms with Crippen molar-refractivity contribution >= 4 is 29.9 Å². The van der Waals surface area contributed by atoms with Gasteiger partial charge in [-0.15, -0.1) is 24.0 Å². The van der Waals surface area contributed by atoms with Gasteiger partial charge >= 0.3 is 0 Å². The van der Waals surface area contributed by atoms with Crippen LogP contribution in [0.1, 0.15) is 30.5 Å². The van der Waals surface area contributed by atoms with Gasteiger partial charge in [-0.2, -0.15) is 0 Å². The molecule has 6 nitrogen and oxygen atoms in total. The van der Waals surface area contributed by atoms with Crippen molar-refractivity contribution in [3.05, 3.63) is 65.0 Å². The van der Waals surface area contributed by atoms with E-state index in [-0.39, 0.29) is 36.6 Å². The summed E-state index contributed by atoms with van der Waals surface area (Å²) in [7, 11) is 0. The predicted molar refractivity (Wildman–Crippen MR) is 135 cm³/mol. The summed E-state index contributed by atoms with van der Waals surface area (Å²) in [5.74, 6) is 1.50. The first kappa shape index (κ1) is 26.3. The van der Waals surface area contributed by atoms with Crippen molar-refractivity contribution in [1.29, 1.82) is 0 Å². The fourth-order valence-electron chi connectivity index (χ4n) is 3.35. The first-order valence-corrected chi connectivity index (χ1v) is 10.8. The second-order valence-electron chi connectivity index (χ2n) is 7.67. The van der Waals surface area contributed by atoms with Gasteiger partial charge in [0.15, 0.2) is 12.8 Å². The van der Waals surface area contributed by atoms with E-state index in [9.17, 15) is 4.39 Å². The average molecular weight is 557 g/mol. The molecule has 3 rings (SSSR count). The molecule has 0 bridgehead atoms. The molecule has 0 saturated carbocycles. The number of hydrogen-bond acceptors (Lipinski definition) is 4. The molecule has 32 heavy (non-hydrogen) atoms. The highest BCUT2D eigenvalue weighted by molar-refractivity contribution is 14.0. The molecule has 2 aromatic rings. The van der Waals surface area contributed by atoms with Gasteiger partial charge in [0.25, 0.3) is 0 Å². The number of fused-ring (bicyclic) bond motifs is 1. The maximum absolute atomic E-state index is 13.9. The van der Waals surface area contributed by atoms with E-state index in [2.05, 4.69) is 34.7 Å². The smallest absolute Gasteiger partial charge is 0.191 e. The second kappa shape index (κ2) is 14.3. The molecule has 2 N–H and O–H groups in total. The number of hydrogen-bond donors (Lipinski definition) is 2. The number of nitrogens with one attached hydrogen (secondary N) is 2. The van der Waals surface area contributed by atoms with Gasteiger partial charge in [-0.3, -0.25) is 4.99 Å². The molecule has 1 atom stereocenters. The third kappa shape index (κ3) is 8.55. The molecular weight excluding hydrogens is 524 g/mol. The summed E-state index contributed by atoms with van der Waals surface area (Å²) >= 11 is 0. The lowest BCUT2D eigenvalue weighted by atomic mass is 10.1. The van der Waals surface area contributed by atoms with Crippen LogP contribution in [0.4, 0.5) is 4.39 Å². The third-order valence-corrected chi connectivity index (χ3v) is 4.86. The van der Waals surface area contributed by atoms with Crippen LogP contribution in [-0.2, 0) is 29.1 Å². The minimum absolute atomic E-state index is 0. The van der Waals surface area contributed by atoms with Crippen molar-refractivity contribution in [1.82, 2.24) is 10.6 Å². The summed E-state index contributed by atoms with van der Waals surface area (Å²) in [6.45, 7) is 8.02. The maximum atomic E-state index is 13.9. The summed E-state index contributed by atoms with van der Waals surface area (Å²) in [6, 6.07) is 13.1. The lowest BCUT2D eigenvalue weighted by Crippen LogP contribution is -2.38. The number of nitrogens with zero attached hydrogens (tertiary/aromatic N) is 1. The van der Waals surface area contributed by atoms with Crippen LogP contribution in [-0.4, -0.2) is 39.0 Å². The molecule has 8 heteroatoms. The number of guanidine groups is 1. The molecule has 1 unspecified atom stereocenters. The van der Waals surface area contributed by atoms with Gasteiger partial charge in [0, 0.05) is 25.2 Å². The number of aliphatic imine (C=N–C) groups is 1. The SMILES string of the molecule is CCNC(=NCC(C)COCc1ccccc1)NCCc1cc(F)cc2c1OCOC2.I. The van der Waals surface area contributed by atoms with Gasteiger partial charge in [0.1, 0.15) is 11.6 Å². The Bertz CT molecular complexity index is 852. The fraction of sp³-hybridized carbons (Fsp3) is 0.458. The van der Waals surface area contributed by atoms with Crippen molar-refractivity contribution < 1.29 is 18.6 Å². The quantitative estimate of drug-likeness (QED) is 0.260. The molecule has 0 saturated heterocycles. The second-order valence-corrected chi connectivity index (χ2v) is 7.67. The monoisotopic (exact) mass is 557 g/mol. The topological polar surface area (TPSA) is 64.1 Å². The zero-order valence-electron chi connectivity index (χ0n) is 18.7. The van der Waals surface area contributed by atoms with Crippen LogP contribution in [0.25, 0.3) is 0 Å². The van der Waals surface area contributed by atoms with Crippen LogP contribution >= 0.6 is 24.0 Å². The highest BCUT2D eigenvalue weighted by Crippen LogP contribution is 2.29. The van der Waals surface area contributed by atoms with E-state index in [1.165, 1.54) is 17.7 Å². The van der Waals surface area contributed by atoms with Gasteiger partial charge in [-0.1, -0.05) is 37.3 Å². The van der Waals surface area contributed by atoms with Crippen LogP contribution in [0.5, 0.6) is 5.75 Å². The van der Waals surface area contributed by atoms with Crippen molar-refractivity contribution in [2.75, 3.05) is 33.0 Å². The molecule has 1 aliphatic heterocycles. The Morgan fingerprint density at radius 1 is 1.22 bits per heavy atom. The summed E-state index contributed by atoms with van der Waals surface area (Å²) in [5.41, 5.74) is 2.76. The number of rotatable bonds is 10. The van der Waals surface area contributed by atoms with E-state index >= 15 is 0 Å². The summed E-state index contributed by atoms with van der Waals surface area (Å²) in [5, 5.41) is 6.57. The molecule has 0 fully saturated rings. The summed E-state index contributed by atoms with van der Waals surface area (Å²) < 4.78 is 30.5. The molecule has 1 heterocycles. The van der Waals surface area contributed by atoms with Crippen LogP contribution in [0.2, 0.25) is 0 Å². The van der Waals surface area contributed by atoms with Crippen molar-refractivity contribution in [2.24, 2.45) is 10.9 Å². The maximum Gasteiger partial charge on any atom is 0.191 e. The first-order chi connectivity index (χ1) is 15.2. The Kier molecular flexibility index (Phi) is 11.8. The Morgan fingerprint density at radius 3 is 2.81 bits per heavy atom. The molecule has 2 aromatic carbocycles. The first-order valence-electron chi connectivity index (χ1n) is 10.8. The van der Waals surface area contributed by atoms with Crippen LogP contribution in [0, 0.1) is 11.7 Å². The minimum Gasteiger partial charge on any atom is -0.467 e. The van der Waals surface area contributed by atoms with Crippen molar-refractivity contribution in [3.63, 3.8) is 0 Å². The van der Waals surface area contributed by atoms with E-state index in [1.54, 1.807) is 0 Å². The Balaban J connectivity index is 0.00000363. The Morgan fingerprint density at radius 2 is 2.03 bits per heavy atom. The van der Waals surface area contributed by atoms with E-state index in [1.807, 2.05) is 25.1 Å². The van der Waals surface area contributed by atoms with Gasteiger partial charge in [0.05, 0.1) is 19.8 Å². The van der Waals surface area contributed by atoms with Gasteiger partial charge in [-0.25, -0.2) is 4.39 Å². The van der Waals surface area contributed by atoms with Crippen LogP contribution < -0.4 is 15.4 Å². The molecule has 0 spiro atoms. The van der Waals surface area contributed by atoms with Crippen molar-refractivity contribution in [2.45, 2.75) is 33.5 Å². The van der Waals surface area contributed by atoms with Crippen molar-refractivity contribution in [3.8, 4) is 5.75 Å². The molecule has 0 aliphatic carbocycles. The highest BCUT2D eigenvalue weighted by Gasteiger charge is 2.16. The Hall–Kier alpha value is -1.91. The predicted octanol–water partition coefficient (Wildman–Crippen LogP) is 4.26. The van der Waals surface area contributed by atoms with Gasteiger partial charge in [-0.05, 0) is 42.5 Å².